The predicted molar refractivity (Wildman–Crippen MR) is 131 cm³/mol. The lowest BCUT2D eigenvalue weighted by atomic mass is 10.1. The van der Waals surface area contributed by atoms with Crippen LogP contribution in [0.5, 0.6) is 5.75 Å². The number of aryl methyl sites for hydroxylation is 1. The van der Waals surface area contributed by atoms with E-state index in [1.54, 1.807) is 37.3 Å². The summed E-state index contributed by atoms with van der Waals surface area (Å²) in [6.45, 7) is 3.15. The first kappa shape index (κ1) is 24.9. The molecule has 9 heteroatoms. The van der Waals surface area contributed by atoms with E-state index in [2.05, 4.69) is 15.4 Å². The number of carbonyl (C=O) groups excluding carboxylic acids is 2. The topological polar surface area (TPSA) is 114 Å². The van der Waals surface area contributed by atoms with E-state index in [-0.39, 0.29) is 17.2 Å². The first-order chi connectivity index (χ1) is 16.2. The van der Waals surface area contributed by atoms with Crippen molar-refractivity contribution in [2.24, 2.45) is 0 Å². The van der Waals surface area contributed by atoms with Crippen LogP contribution < -0.4 is 20.1 Å². The summed E-state index contributed by atoms with van der Waals surface area (Å²) in [4.78, 5) is 24.4. The van der Waals surface area contributed by atoms with Gasteiger partial charge in [-0.2, -0.15) is 4.72 Å². The van der Waals surface area contributed by atoms with Gasteiger partial charge in [0, 0.05) is 18.3 Å². The number of benzene rings is 3. The minimum Gasteiger partial charge on any atom is -0.496 e. The van der Waals surface area contributed by atoms with Crippen molar-refractivity contribution in [3.05, 3.63) is 83.9 Å². The molecule has 3 aromatic carbocycles. The molecule has 0 saturated heterocycles. The summed E-state index contributed by atoms with van der Waals surface area (Å²) in [5.74, 6) is -0.145. The molecule has 0 bridgehead atoms. The van der Waals surface area contributed by atoms with Gasteiger partial charge in [-0.3, -0.25) is 9.59 Å². The van der Waals surface area contributed by atoms with Gasteiger partial charge in [-0.15, -0.1) is 0 Å². The van der Waals surface area contributed by atoms with Crippen molar-refractivity contribution in [2.75, 3.05) is 17.7 Å². The highest BCUT2D eigenvalue weighted by Crippen LogP contribution is 2.22. The maximum Gasteiger partial charge on any atom is 0.242 e. The van der Waals surface area contributed by atoms with Crippen molar-refractivity contribution in [1.29, 1.82) is 0 Å². The van der Waals surface area contributed by atoms with E-state index < -0.39 is 22.0 Å². The molecule has 0 heterocycles. The van der Waals surface area contributed by atoms with Crippen molar-refractivity contribution in [3.63, 3.8) is 0 Å². The van der Waals surface area contributed by atoms with Gasteiger partial charge in [0.05, 0.1) is 12.0 Å². The van der Waals surface area contributed by atoms with Gasteiger partial charge in [-0.05, 0) is 66.9 Å². The summed E-state index contributed by atoms with van der Waals surface area (Å²) >= 11 is 0. The van der Waals surface area contributed by atoms with Crippen molar-refractivity contribution < 1.29 is 22.7 Å². The van der Waals surface area contributed by atoms with Crippen LogP contribution in [0.3, 0.4) is 0 Å². The van der Waals surface area contributed by atoms with E-state index in [0.29, 0.717) is 22.7 Å². The summed E-state index contributed by atoms with van der Waals surface area (Å²) in [6.07, 6.45) is 0.158. The number of hydrogen-bond donors (Lipinski definition) is 3. The minimum atomic E-state index is -4.00. The van der Waals surface area contributed by atoms with Crippen LogP contribution >= 0.6 is 0 Å². The molecule has 0 saturated carbocycles. The van der Waals surface area contributed by atoms with E-state index in [1.807, 2.05) is 30.3 Å². The summed E-state index contributed by atoms with van der Waals surface area (Å²) in [6, 6.07) is 19.2. The van der Waals surface area contributed by atoms with Crippen LogP contribution in [0, 0.1) is 6.92 Å². The molecule has 0 radical (unpaired) electrons. The zero-order chi connectivity index (χ0) is 24.7. The van der Waals surface area contributed by atoms with Gasteiger partial charge in [0.1, 0.15) is 11.8 Å². The van der Waals surface area contributed by atoms with Gasteiger partial charge < -0.3 is 15.4 Å². The number of nitrogens with one attached hydrogen (secondary N) is 3. The molecular weight excluding hydrogens is 454 g/mol. The quantitative estimate of drug-likeness (QED) is 0.433. The average Bonchev–Trinajstić information content (AvgIpc) is 2.80. The van der Waals surface area contributed by atoms with Crippen molar-refractivity contribution in [1.82, 2.24) is 4.72 Å². The smallest absolute Gasteiger partial charge is 0.242 e. The van der Waals surface area contributed by atoms with Crippen LogP contribution in [0.4, 0.5) is 11.4 Å². The second-order valence-corrected chi connectivity index (χ2v) is 9.46. The van der Waals surface area contributed by atoms with Crippen LogP contribution in [-0.4, -0.2) is 33.4 Å². The predicted octanol–water partition coefficient (Wildman–Crippen LogP) is 3.49. The van der Waals surface area contributed by atoms with Gasteiger partial charge in [0.15, 0.2) is 0 Å². The summed E-state index contributed by atoms with van der Waals surface area (Å²) in [5.41, 5.74) is 2.52. The number of anilines is 2. The van der Waals surface area contributed by atoms with Crippen LogP contribution in [0.1, 0.15) is 18.1 Å². The molecule has 2 amide bonds. The number of methoxy groups -OCH3 is 1. The summed E-state index contributed by atoms with van der Waals surface area (Å²) < 4.78 is 34.0. The summed E-state index contributed by atoms with van der Waals surface area (Å²) in [5, 5.41) is 5.40. The van der Waals surface area contributed by atoms with Crippen molar-refractivity contribution in [2.45, 2.75) is 31.2 Å². The van der Waals surface area contributed by atoms with E-state index in [9.17, 15) is 18.0 Å². The Morgan fingerprint density at radius 1 is 0.912 bits per heavy atom. The standard InChI is InChI=1S/C25H27N3O5S/c1-17-15-22(13-14-24(17)33-3)34(31,32)28-23(16-19-7-5-4-6-8-19)25(30)27-21-11-9-20(10-12-21)26-18(2)29/h4-15,23,28H,16H2,1-3H3,(H,26,29)(H,27,30)/t23-/m1/s1. The Morgan fingerprint density at radius 2 is 1.53 bits per heavy atom. The lowest BCUT2D eigenvalue weighted by molar-refractivity contribution is -0.117. The highest BCUT2D eigenvalue weighted by molar-refractivity contribution is 7.89. The molecule has 0 aromatic heterocycles. The number of sulfonamides is 1. The van der Waals surface area contributed by atoms with Crippen LogP contribution in [0.2, 0.25) is 0 Å². The second-order valence-electron chi connectivity index (χ2n) is 7.74. The zero-order valence-electron chi connectivity index (χ0n) is 19.2. The highest BCUT2D eigenvalue weighted by Gasteiger charge is 2.26. The SMILES string of the molecule is COc1ccc(S(=O)(=O)N[C@H](Cc2ccccc2)C(=O)Nc2ccc(NC(C)=O)cc2)cc1C. The molecule has 3 N–H and O–H groups in total. The Kier molecular flexibility index (Phi) is 8.04. The maximum absolute atomic E-state index is 13.1. The molecular formula is C25H27N3O5S. The van der Waals surface area contributed by atoms with Crippen LogP contribution in [0.25, 0.3) is 0 Å². The fourth-order valence-electron chi connectivity index (χ4n) is 3.38. The normalized spacial score (nSPS) is 12.0. The fourth-order valence-corrected chi connectivity index (χ4v) is 4.66. The molecule has 0 spiro atoms. The Morgan fingerprint density at radius 3 is 2.09 bits per heavy atom. The number of amides is 2. The van der Waals surface area contributed by atoms with Gasteiger partial charge in [0.25, 0.3) is 0 Å². The average molecular weight is 482 g/mol. The van der Waals surface area contributed by atoms with Crippen LogP contribution in [-0.2, 0) is 26.0 Å². The summed E-state index contributed by atoms with van der Waals surface area (Å²) in [7, 11) is -2.49. The van der Waals surface area contributed by atoms with Gasteiger partial charge in [-0.25, -0.2) is 8.42 Å². The Labute approximate surface area is 199 Å². The van der Waals surface area contributed by atoms with E-state index in [4.69, 9.17) is 4.74 Å². The van der Waals surface area contributed by atoms with Gasteiger partial charge in [0.2, 0.25) is 21.8 Å². The third kappa shape index (κ3) is 6.66. The molecule has 178 valence electrons. The molecule has 0 aliphatic rings. The lowest BCUT2D eigenvalue weighted by Crippen LogP contribution is -2.45. The fraction of sp³-hybridized carbons (Fsp3) is 0.200. The Balaban J connectivity index is 1.83. The van der Waals surface area contributed by atoms with Gasteiger partial charge in [-0.1, -0.05) is 30.3 Å². The molecule has 0 aliphatic carbocycles. The zero-order valence-corrected chi connectivity index (χ0v) is 20.0. The van der Waals surface area contributed by atoms with E-state index in [0.717, 1.165) is 5.56 Å². The highest BCUT2D eigenvalue weighted by atomic mass is 32.2. The largest absolute Gasteiger partial charge is 0.496 e. The molecule has 0 aliphatic heterocycles. The number of hydrogen-bond acceptors (Lipinski definition) is 5. The number of carbonyl (C=O) groups is 2. The molecule has 0 unspecified atom stereocenters. The van der Waals surface area contributed by atoms with E-state index >= 15 is 0 Å². The molecule has 0 fully saturated rings. The molecule has 8 nitrogen and oxygen atoms in total. The lowest BCUT2D eigenvalue weighted by Gasteiger charge is -2.19. The number of ether oxygens (including phenoxy) is 1. The Bertz CT molecular complexity index is 1260. The first-order valence-electron chi connectivity index (χ1n) is 10.6. The maximum atomic E-state index is 13.1. The van der Waals surface area contributed by atoms with Crippen LogP contribution in [0.15, 0.2) is 77.7 Å². The molecule has 34 heavy (non-hydrogen) atoms. The van der Waals surface area contributed by atoms with Gasteiger partial charge >= 0.3 is 0 Å². The van der Waals surface area contributed by atoms with E-state index in [1.165, 1.54) is 26.2 Å². The first-order valence-corrected chi connectivity index (χ1v) is 12.1. The third-order valence-corrected chi connectivity index (χ3v) is 6.52. The molecule has 3 rings (SSSR count). The molecule has 3 aromatic rings. The van der Waals surface area contributed by atoms with Crippen molar-refractivity contribution in [3.8, 4) is 5.75 Å². The molecule has 1 atom stereocenters. The monoisotopic (exact) mass is 481 g/mol. The minimum absolute atomic E-state index is 0.0383. The second kappa shape index (κ2) is 11.0. The third-order valence-electron chi connectivity index (χ3n) is 5.05. The number of rotatable bonds is 9. The van der Waals surface area contributed by atoms with Crippen molar-refractivity contribution >= 4 is 33.2 Å². The Hall–Kier alpha value is -3.69.